The summed E-state index contributed by atoms with van der Waals surface area (Å²) >= 11 is 3.46. The molecule has 0 aliphatic rings. The van der Waals surface area contributed by atoms with Gasteiger partial charge in [-0.05, 0) is 33.6 Å². The Kier molecular flexibility index (Phi) is 5.56. The van der Waals surface area contributed by atoms with Gasteiger partial charge < -0.3 is 10.1 Å². The van der Waals surface area contributed by atoms with Crippen LogP contribution in [0, 0.1) is 0 Å². The summed E-state index contributed by atoms with van der Waals surface area (Å²) in [5.74, 6) is 0.859. The topological polar surface area (TPSA) is 21.3 Å². The lowest BCUT2D eigenvalue weighted by Crippen LogP contribution is -2.22. The molecule has 1 rings (SSSR count). The zero-order chi connectivity index (χ0) is 12.0. The normalized spacial score (nSPS) is 11.3. The fourth-order valence-corrected chi connectivity index (χ4v) is 1.84. The fourth-order valence-electron chi connectivity index (χ4n) is 1.29. The minimum absolute atomic E-state index is 0.521. The van der Waals surface area contributed by atoms with Crippen LogP contribution in [-0.2, 0) is 0 Å². The highest BCUT2D eigenvalue weighted by Gasteiger charge is 1.98. The van der Waals surface area contributed by atoms with E-state index in [1.807, 2.05) is 18.2 Å². The van der Waals surface area contributed by atoms with Gasteiger partial charge in [-0.3, -0.25) is 0 Å². The summed E-state index contributed by atoms with van der Waals surface area (Å²) in [6, 6.07) is 6.56. The van der Waals surface area contributed by atoms with Crippen molar-refractivity contribution in [1.29, 1.82) is 0 Å². The number of hydrogen-bond acceptors (Lipinski definition) is 2. The summed E-state index contributed by atoms with van der Waals surface area (Å²) in [4.78, 5) is 0. The molecule has 0 aliphatic heterocycles. The number of ether oxygens (including phenoxy) is 1. The van der Waals surface area contributed by atoms with Crippen LogP contribution >= 0.6 is 15.9 Å². The third-order valence-corrected chi connectivity index (χ3v) is 2.75. The van der Waals surface area contributed by atoms with Crippen LogP contribution in [0.5, 0.6) is 5.75 Å². The Morgan fingerprint density at radius 3 is 2.75 bits per heavy atom. The first-order valence-electron chi connectivity index (χ1n) is 5.37. The fraction of sp³-hybridized carbons (Fsp3) is 0.385. The van der Waals surface area contributed by atoms with Crippen molar-refractivity contribution in [2.75, 3.05) is 13.7 Å². The number of nitrogens with one attached hydrogen (secondary N) is 1. The van der Waals surface area contributed by atoms with Gasteiger partial charge in [-0.1, -0.05) is 32.1 Å². The van der Waals surface area contributed by atoms with Gasteiger partial charge in [0.05, 0.1) is 11.6 Å². The summed E-state index contributed by atoms with van der Waals surface area (Å²) < 4.78 is 6.15. The molecule has 0 spiro atoms. The quantitative estimate of drug-likeness (QED) is 0.894. The van der Waals surface area contributed by atoms with E-state index in [9.17, 15) is 0 Å². The lowest BCUT2D eigenvalue weighted by Gasteiger charge is -2.05. The molecule has 0 atom stereocenters. The van der Waals surface area contributed by atoms with Gasteiger partial charge in [0, 0.05) is 12.6 Å². The molecule has 88 valence electrons. The predicted molar refractivity (Wildman–Crippen MR) is 72.9 cm³/mol. The standard InChI is InChI=1S/C13H18BrNO/c1-10(2)15-8-4-5-11-6-7-13(16-3)12(14)9-11/h4-7,9-10,15H,8H2,1-3H3. The van der Waals surface area contributed by atoms with Crippen LogP contribution in [-0.4, -0.2) is 19.7 Å². The second-order valence-corrected chi connectivity index (χ2v) is 4.71. The number of halogens is 1. The summed E-state index contributed by atoms with van der Waals surface area (Å²) in [5.41, 5.74) is 1.17. The van der Waals surface area contributed by atoms with Gasteiger partial charge in [-0.25, -0.2) is 0 Å². The van der Waals surface area contributed by atoms with E-state index in [1.54, 1.807) is 7.11 Å². The maximum absolute atomic E-state index is 5.17. The molecule has 0 unspecified atom stereocenters. The number of rotatable bonds is 5. The Morgan fingerprint density at radius 1 is 1.44 bits per heavy atom. The van der Waals surface area contributed by atoms with Crippen LogP contribution in [0.15, 0.2) is 28.7 Å². The SMILES string of the molecule is COc1ccc(C=CCNC(C)C)cc1Br. The Hall–Kier alpha value is -0.800. The summed E-state index contributed by atoms with van der Waals surface area (Å²) in [6.45, 7) is 5.16. The second kappa shape index (κ2) is 6.71. The van der Waals surface area contributed by atoms with E-state index < -0.39 is 0 Å². The molecule has 1 N–H and O–H groups in total. The minimum Gasteiger partial charge on any atom is -0.496 e. The van der Waals surface area contributed by atoms with Crippen LogP contribution in [0.2, 0.25) is 0 Å². The van der Waals surface area contributed by atoms with Crippen LogP contribution < -0.4 is 10.1 Å². The zero-order valence-corrected chi connectivity index (χ0v) is 11.5. The van der Waals surface area contributed by atoms with E-state index in [-0.39, 0.29) is 0 Å². The molecule has 0 bridgehead atoms. The van der Waals surface area contributed by atoms with Gasteiger partial charge in [-0.2, -0.15) is 0 Å². The van der Waals surface area contributed by atoms with E-state index in [1.165, 1.54) is 5.56 Å². The van der Waals surface area contributed by atoms with Gasteiger partial charge in [-0.15, -0.1) is 0 Å². The largest absolute Gasteiger partial charge is 0.496 e. The molecule has 0 fully saturated rings. The Labute approximate surface area is 106 Å². The Balaban J connectivity index is 2.57. The minimum atomic E-state index is 0.521. The Morgan fingerprint density at radius 2 is 2.19 bits per heavy atom. The summed E-state index contributed by atoms with van der Waals surface area (Å²) in [6.07, 6.45) is 4.22. The van der Waals surface area contributed by atoms with Crippen molar-refractivity contribution in [1.82, 2.24) is 5.32 Å². The van der Waals surface area contributed by atoms with Crippen LogP contribution in [0.25, 0.3) is 6.08 Å². The van der Waals surface area contributed by atoms with Gasteiger partial charge in [0.25, 0.3) is 0 Å². The van der Waals surface area contributed by atoms with E-state index in [2.05, 4.69) is 47.2 Å². The van der Waals surface area contributed by atoms with Crippen molar-refractivity contribution in [2.24, 2.45) is 0 Å². The molecule has 1 aromatic rings. The van der Waals surface area contributed by atoms with E-state index in [0.717, 1.165) is 16.8 Å². The molecule has 1 aromatic carbocycles. The van der Waals surface area contributed by atoms with Crippen molar-refractivity contribution in [2.45, 2.75) is 19.9 Å². The van der Waals surface area contributed by atoms with Gasteiger partial charge in [0.2, 0.25) is 0 Å². The van der Waals surface area contributed by atoms with Crippen molar-refractivity contribution in [3.05, 3.63) is 34.3 Å². The van der Waals surface area contributed by atoms with Crippen molar-refractivity contribution in [3.8, 4) is 5.75 Å². The van der Waals surface area contributed by atoms with Crippen molar-refractivity contribution in [3.63, 3.8) is 0 Å². The molecule has 16 heavy (non-hydrogen) atoms. The maximum atomic E-state index is 5.17. The van der Waals surface area contributed by atoms with Crippen LogP contribution in [0.1, 0.15) is 19.4 Å². The highest BCUT2D eigenvalue weighted by molar-refractivity contribution is 9.10. The molecule has 0 radical (unpaired) electrons. The highest BCUT2D eigenvalue weighted by Crippen LogP contribution is 2.25. The van der Waals surface area contributed by atoms with Crippen LogP contribution in [0.4, 0.5) is 0 Å². The first-order chi connectivity index (χ1) is 7.63. The van der Waals surface area contributed by atoms with E-state index in [0.29, 0.717) is 6.04 Å². The van der Waals surface area contributed by atoms with E-state index >= 15 is 0 Å². The smallest absolute Gasteiger partial charge is 0.133 e. The average molecular weight is 284 g/mol. The maximum Gasteiger partial charge on any atom is 0.133 e. The second-order valence-electron chi connectivity index (χ2n) is 3.86. The molecule has 0 aliphatic carbocycles. The molecular formula is C13H18BrNO. The highest BCUT2D eigenvalue weighted by atomic mass is 79.9. The molecule has 2 nitrogen and oxygen atoms in total. The predicted octanol–water partition coefficient (Wildman–Crippen LogP) is 3.47. The average Bonchev–Trinajstić information content (AvgIpc) is 2.24. The lowest BCUT2D eigenvalue weighted by atomic mass is 10.2. The zero-order valence-electron chi connectivity index (χ0n) is 9.96. The molecule has 3 heteroatoms. The molecule has 0 heterocycles. The summed E-state index contributed by atoms with van der Waals surface area (Å²) in [7, 11) is 1.67. The third-order valence-electron chi connectivity index (χ3n) is 2.13. The number of benzene rings is 1. The molecule has 0 aromatic heterocycles. The van der Waals surface area contributed by atoms with Gasteiger partial charge >= 0.3 is 0 Å². The molecule has 0 saturated carbocycles. The Bertz CT molecular complexity index is 361. The first-order valence-corrected chi connectivity index (χ1v) is 6.16. The molecule has 0 saturated heterocycles. The van der Waals surface area contributed by atoms with Crippen molar-refractivity contribution >= 4 is 22.0 Å². The number of hydrogen-bond donors (Lipinski definition) is 1. The summed E-state index contributed by atoms with van der Waals surface area (Å²) in [5, 5.41) is 3.33. The number of methoxy groups -OCH3 is 1. The molecular weight excluding hydrogens is 266 g/mol. The van der Waals surface area contributed by atoms with Crippen molar-refractivity contribution < 1.29 is 4.74 Å². The monoisotopic (exact) mass is 283 g/mol. The lowest BCUT2D eigenvalue weighted by molar-refractivity contribution is 0.412. The van der Waals surface area contributed by atoms with Gasteiger partial charge in [0.15, 0.2) is 0 Å². The third kappa shape index (κ3) is 4.37. The van der Waals surface area contributed by atoms with Crippen LogP contribution in [0.3, 0.4) is 0 Å². The van der Waals surface area contributed by atoms with Gasteiger partial charge in [0.1, 0.15) is 5.75 Å². The first kappa shape index (κ1) is 13.3. The molecule has 0 amide bonds. The van der Waals surface area contributed by atoms with E-state index in [4.69, 9.17) is 4.74 Å².